The number of morpholine rings is 2. The molecular weight excluding hydrogens is 753 g/mol. The number of thiocarbonyl (C=S) groups is 1. The molecule has 2 aromatic rings. The van der Waals surface area contributed by atoms with E-state index in [1.165, 1.54) is 37.7 Å². The van der Waals surface area contributed by atoms with Crippen LogP contribution in [-0.2, 0) is 42.8 Å². The van der Waals surface area contributed by atoms with Crippen LogP contribution in [0.15, 0.2) is 59.7 Å². The number of carbonyl (C=O) groups is 5. The molecule has 0 unspecified atom stereocenters. The van der Waals surface area contributed by atoms with E-state index >= 15 is 0 Å². The fraction of sp³-hybridized carbons (Fsp3) is 0.486. The largest absolute Gasteiger partial charge is 0.497 e. The summed E-state index contributed by atoms with van der Waals surface area (Å²) in [4.78, 5) is 72.2. The van der Waals surface area contributed by atoms with Gasteiger partial charge in [-0.3, -0.25) is 24.2 Å². The van der Waals surface area contributed by atoms with E-state index < -0.39 is 67.2 Å². The number of carbonyl (C=O) groups excluding carboxylic acids is 5. The molecule has 4 heterocycles. The minimum Gasteiger partial charge on any atom is -0.497 e. The number of rotatable bonds is 9. The van der Waals surface area contributed by atoms with E-state index in [0.29, 0.717) is 17.0 Å². The summed E-state index contributed by atoms with van der Waals surface area (Å²) >= 11 is 6.22. The number of hydrazone groups is 1. The van der Waals surface area contributed by atoms with Crippen molar-refractivity contribution in [3.63, 3.8) is 0 Å². The van der Waals surface area contributed by atoms with Crippen LogP contribution in [0.4, 0.5) is 15.3 Å². The Morgan fingerprint density at radius 2 is 1.43 bits per heavy atom. The van der Waals surface area contributed by atoms with Crippen molar-refractivity contribution in [2.24, 2.45) is 5.10 Å². The zero-order chi connectivity index (χ0) is 39.9. The summed E-state index contributed by atoms with van der Waals surface area (Å²) in [5.41, 5.74) is 0.985. The van der Waals surface area contributed by atoms with E-state index in [4.69, 9.17) is 50.5 Å². The van der Waals surface area contributed by atoms with Crippen LogP contribution < -0.4 is 9.64 Å². The Kier molecular flexibility index (Phi) is 13.0. The predicted molar refractivity (Wildman–Crippen MR) is 200 cm³/mol. The molecule has 4 aliphatic heterocycles. The molecule has 18 nitrogen and oxygen atoms in total. The highest BCUT2D eigenvalue weighted by Gasteiger charge is 2.62. The summed E-state index contributed by atoms with van der Waals surface area (Å²) in [6, 6.07) is 13.3. The van der Waals surface area contributed by atoms with Crippen LogP contribution in [0.3, 0.4) is 0 Å². The number of fused-ring (bicyclic) bond motifs is 1. The first-order valence-electron chi connectivity index (χ1n) is 18.1. The van der Waals surface area contributed by atoms with Crippen LogP contribution in [0.25, 0.3) is 0 Å². The van der Waals surface area contributed by atoms with Gasteiger partial charge in [0.2, 0.25) is 0 Å². The van der Waals surface area contributed by atoms with Gasteiger partial charge in [0.15, 0.2) is 29.4 Å². The first-order valence-corrected chi connectivity index (χ1v) is 18.5. The zero-order valence-corrected chi connectivity index (χ0v) is 32.3. The van der Waals surface area contributed by atoms with Crippen molar-refractivity contribution in [2.45, 2.75) is 51.4 Å². The van der Waals surface area contributed by atoms with E-state index in [2.05, 4.69) is 0 Å². The number of nitrogens with zero attached hydrogens (tertiary/aromatic N) is 6. The fourth-order valence-electron chi connectivity index (χ4n) is 6.86. The monoisotopic (exact) mass is 796 g/mol. The van der Waals surface area contributed by atoms with E-state index in [0.717, 1.165) is 5.01 Å². The first kappa shape index (κ1) is 40.3. The highest BCUT2D eigenvalue weighted by molar-refractivity contribution is 7.80. The normalized spacial score (nSPS) is 22.9. The second-order valence-corrected chi connectivity index (χ2v) is 13.5. The summed E-state index contributed by atoms with van der Waals surface area (Å²) in [5.74, 6) is -1.42. The number of esters is 3. The van der Waals surface area contributed by atoms with Gasteiger partial charge in [0, 0.05) is 58.2 Å². The maximum absolute atomic E-state index is 14.4. The first-order chi connectivity index (χ1) is 27.0. The molecule has 4 fully saturated rings. The Bertz CT molecular complexity index is 1770. The molecule has 5 atom stereocenters. The Morgan fingerprint density at radius 3 is 1.95 bits per heavy atom. The number of methoxy groups -OCH3 is 1. The second-order valence-electron chi connectivity index (χ2n) is 13.1. The third kappa shape index (κ3) is 8.85. The smallest absolute Gasteiger partial charge is 0.349 e. The summed E-state index contributed by atoms with van der Waals surface area (Å²) < 4.78 is 39.9. The van der Waals surface area contributed by atoms with Crippen molar-refractivity contribution in [3.05, 3.63) is 60.2 Å². The maximum atomic E-state index is 14.4. The minimum atomic E-state index is -1.24. The highest BCUT2D eigenvalue weighted by Crippen LogP contribution is 2.42. The van der Waals surface area contributed by atoms with Crippen molar-refractivity contribution < 1.29 is 57.1 Å². The van der Waals surface area contributed by atoms with Gasteiger partial charge in [0.1, 0.15) is 24.5 Å². The molecule has 0 N–H and O–H groups in total. The standard InChI is InChI=1S/C37H44N6O12S/c1-23(44)52-22-29(53-24(2)45)31-32(54-25(3)46)30-34(55-31)41(27-10-12-28(49-4)13-11-27)37(56)42(30)33(26-8-6-5-7-9-26)38-43(35(47)39-14-18-50-19-15-39)36(48)40-16-20-51-21-17-40/h5-13,29-32,34H,14-22H2,1-4H3/b38-33+/t29-,30-,31-,32-,34+/m1/s1. The van der Waals surface area contributed by atoms with E-state index in [1.807, 2.05) is 0 Å². The van der Waals surface area contributed by atoms with Gasteiger partial charge in [-0.25, -0.2) is 9.59 Å². The van der Waals surface area contributed by atoms with Gasteiger partial charge in [-0.1, -0.05) is 30.3 Å². The van der Waals surface area contributed by atoms with Crippen molar-refractivity contribution in [1.29, 1.82) is 0 Å². The number of amidine groups is 1. The molecule has 300 valence electrons. The number of anilines is 1. The van der Waals surface area contributed by atoms with Crippen LogP contribution in [0.1, 0.15) is 26.3 Å². The Labute approximate surface area is 328 Å². The molecule has 0 spiro atoms. The van der Waals surface area contributed by atoms with Gasteiger partial charge in [0.05, 0.1) is 33.5 Å². The second kappa shape index (κ2) is 18.1. The number of hydrogen-bond donors (Lipinski definition) is 0. The molecule has 6 rings (SSSR count). The molecule has 0 bridgehead atoms. The molecule has 4 amide bonds. The summed E-state index contributed by atoms with van der Waals surface area (Å²) in [5, 5.41) is 5.80. The quantitative estimate of drug-likeness (QED) is 0.0900. The Morgan fingerprint density at radius 1 is 0.839 bits per heavy atom. The van der Waals surface area contributed by atoms with E-state index in [1.54, 1.807) is 64.4 Å². The fourth-order valence-corrected chi connectivity index (χ4v) is 7.27. The van der Waals surface area contributed by atoms with Gasteiger partial charge in [-0.05, 0) is 36.5 Å². The zero-order valence-electron chi connectivity index (χ0n) is 31.4. The van der Waals surface area contributed by atoms with Gasteiger partial charge in [0.25, 0.3) is 0 Å². The minimum absolute atomic E-state index is 0.0512. The average Bonchev–Trinajstić information content (AvgIpc) is 3.69. The number of amides is 4. The van der Waals surface area contributed by atoms with Crippen LogP contribution in [0.5, 0.6) is 5.75 Å². The predicted octanol–water partition coefficient (Wildman–Crippen LogP) is 2.19. The maximum Gasteiger partial charge on any atom is 0.349 e. The van der Waals surface area contributed by atoms with Gasteiger partial charge in [-0.15, -0.1) is 10.1 Å². The molecule has 0 radical (unpaired) electrons. The Hall–Kier alpha value is -5.37. The summed E-state index contributed by atoms with van der Waals surface area (Å²) in [6.07, 6.45) is -4.74. The van der Waals surface area contributed by atoms with Gasteiger partial charge < -0.3 is 43.0 Å². The molecule has 56 heavy (non-hydrogen) atoms. The van der Waals surface area contributed by atoms with Gasteiger partial charge >= 0.3 is 30.0 Å². The van der Waals surface area contributed by atoms with E-state index in [-0.39, 0.29) is 63.6 Å². The number of benzene rings is 2. The SMILES string of the molecule is COc1ccc(N2C(=S)N(/C(=N/N(C(=O)N3CCOCC3)C(=O)N3CCOCC3)c3ccccc3)[C@@H]3[C@@H](OC(C)=O)[C@@H]([C@@H](COC(C)=O)OC(C)=O)O[C@@H]32)cc1. The molecule has 4 aliphatic rings. The molecule has 2 aromatic carbocycles. The number of urea groups is 2. The van der Waals surface area contributed by atoms with Crippen molar-refractivity contribution in [2.75, 3.05) is 71.2 Å². The lowest BCUT2D eigenvalue weighted by atomic mass is 10.0. The van der Waals surface area contributed by atoms with E-state index in [9.17, 15) is 24.0 Å². The Balaban J connectivity index is 1.54. The van der Waals surface area contributed by atoms with Crippen molar-refractivity contribution in [1.82, 2.24) is 19.7 Å². The van der Waals surface area contributed by atoms with Crippen LogP contribution in [0.2, 0.25) is 0 Å². The molecule has 0 saturated carbocycles. The van der Waals surface area contributed by atoms with Crippen molar-refractivity contribution in [3.8, 4) is 5.75 Å². The van der Waals surface area contributed by atoms with Crippen LogP contribution in [-0.4, -0.2) is 158 Å². The lowest BCUT2D eigenvalue weighted by molar-refractivity contribution is -0.174. The topological polar surface area (TPSA) is 179 Å². The highest BCUT2D eigenvalue weighted by atomic mass is 32.1. The summed E-state index contributed by atoms with van der Waals surface area (Å²) in [6.45, 7) is 5.19. The van der Waals surface area contributed by atoms with Crippen LogP contribution in [0, 0.1) is 0 Å². The lowest BCUT2D eigenvalue weighted by Crippen LogP contribution is -2.55. The van der Waals surface area contributed by atoms with Crippen LogP contribution >= 0.6 is 12.2 Å². The third-order valence-electron chi connectivity index (χ3n) is 9.38. The lowest BCUT2D eigenvalue weighted by Gasteiger charge is -2.36. The molecule has 19 heteroatoms. The van der Waals surface area contributed by atoms with Gasteiger partial charge in [-0.2, -0.15) is 0 Å². The van der Waals surface area contributed by atoms with Crippen molar-refractivity contribution >= 4 is 58.8 Å². The molecule has 4 saturated heterocycles. The number of imide groups is 1. The summed E-state index contributed by atoms with van der Waals surface area (Å²) in [7, 11) is 1.53. The number of hydrogen-bond acceptors (Lipinski definition) is 14. The molecule has 0 aromatic heterocycles. The third-order valence-corrected chi connectivity index (χ3v) is 9.78. The average molecular weight is 797 g/mol. The molecule has 0 aliphatic carbocycles. The number of ether oxygens (including phenoxy) is 7. The molecular formula is C37H44N6O12S.